The van der Waals surface area contributed by atoms with E-state index in [9.17, 15) is 4.79 Å². The number of carbonyl (C=O) groups is 1. The third-order valence-corrected chi connectivity index (χ3v) is 3.96. The Hall–Kier alpha value is -0.220. The molecular weight excluding hydrogens is 196 g/mol. The lowest BCUT2D eigenvalue weighted by molar-refractivity contribution is -0.120. The number of carbonyl (C=O) groups excluding carboxylic acids is 1. The lowest BCUT2D eigenvalue weighted by Gasteiger charge is -2.12. The molecule has 3 nitrogen and oxygen atoms in total. The van der Waals surface area contributed by atoms with Crippen LogP contribution in [-0.2, 0) is 4.79 Å². The van der Waals surface area contributed by atoms with Crippen molar-refractivity contribution >= 4 is 17.7 Å². The Morgan fingerprint density at radius 2 is 2.21 bits per heavy atom. The van der Waals surface area contributed by atoms with Crippen LogP contribution in [0.25, 0.3) is 0 Å². The molecule has 1 aliphatic rings. The van der Waals surface area contributed by atoms with Crippen molar-refractivity contribution in [2.45, 2.75) is 30.9 Å². The third-order valence-electron chi connectivity index (χ3n) is 2.55. The molecule has 0 aromatic carbocycles. The van der Waals surface area contributed by atoms with Crippen molar-refractivity contribution in [3.63, 3.8) is 0 Å². The Kier molecular flexibility index (Phi) is 4.75. The van der Waals surface area contributed by atoms with Crippen LogP contribution >= 0.6 is 11.8 Å². The number of amides is 1. The van der Waals surface area contributed by atoms with Crippen molar-refractivity contribution < 1.29 is 4.79 Å². The number of nitrogens with one attached hydrogen (secondary N) is 2. The molecule has 1 saturated carbocycles. The summed E-state index contributed by atoms with van der Waals surface area (Å²) in [4.78, 5) is 11.2. The topological polar surface area (TPSA) is 41.1 Å². The van der Waals surface area contributed by atoms with Gasteiger partial charge in [-0.2, -0.15) is 11.8 Å². The molecule has 0 spiro atoms. The summed E-state index contributed by atoms with van der Waals surface area (Å²) >= 11 is 1.91. The predicted octanol–water partition coefficient (Wildman–Crippen LogP) is 0.998. The van der Waals surface area contributed by atoms with Crippen LogP contribution in [0.2, 0.25) is 0 Å². The summed E-state index contributed by atoms with van der Waals surface area (Å²) in [6.45, 7) is 4.27. The van der Waals surface area contributed by atoms with Crippen LogP contribution in [0.3, 0.4) is 0 Å². The van der Waals surface area contributed by atoms with Gasteiger partial charge in [-0.05, 0) is 25.5 Å². The van der Waals surface area contributed by atoms with Crippen LogP contribution in [0.4, 0.5) is 0 Å². The molecule has 0 bridgehead atoms. The van der Waals surface area contributed by atoms with Gasteiger partial charge in [0.15, 0.2) is 0 Å². The van der Waals surface area contributed by atoms with Crippen molar-refractivity contribution in [1.29, 1.82) is 0 Å². The third kappa shape index (κ3) is 3.88. The Morgan fingerprint density at radius 1 is 1.50 bits per heavy atom. The smallest absolute Gasteiger partial charge is 0.233 e. The molecule has 82 valence electrons. The monoisotopic (exact) mass is 216 g/mol. The molecule has 0 saturated heterocycles. The van der Waals surface area contributed by atoms with Gasteiger partial charge in [-0.15, -0.1) is 0 Å². The van der Waals surface area contributed by atoms with Gasteiger partial charge in [0.1, 0.15) is 0 Å². The Bertz CT molecular complexity index is 193. The molecule has 1 amide bonds. The molecule has 1 fully saturated rings. The average Bonchev–Trinajstić information content (AvgIpc) is 2.96. The fourth-order valence-corrected chi connectivity index (χ4v) is 2.08. The Balaban J connectivity index is 2.00. The molecule has 0 atom stereocenters. The molecule has 0 radical (unpaired) electrons. The first kappa shape index (κ1) is 11.9. The number of rotatable bonds is 7. The number of hydrogen-bond donors (Lipinski definition) is 2. The first-order valence-corrected chi connectivity index (χ1v) is 6.47. The highest BCUT2D eigenvalue weighted by Crippen LogP contribution is 2.46. The molecule has 0 aromatic heterocycles. The van der Waals surface area contributed by atoms with Gasteiger partial charge in [-0.3, -0.25) is 4.79 Å². The minimum absolute atomic E-state index is 0.115. The molecular formula is C10H20N2OS. The fourth-order valence-electron chi connectivity index (χ4n) is 1.32. The van der Waals surface area contributed by atoms with Gasteiger partial charge in [0.2, 0.25) is 5.91 Å². The molecule has 4 heteroatoms. The largest absolute Gasteiger partial charge is 0.355 e. The maximum atomic E-state index is 11.2. The zero-order valence-corrected chi connectivity index (χ0v) is 9.88. The van der Waals surface area contributed by atoms with E-state index in [0.29, 0.717) is 11.3 Å². The SMILES string of the molecule is CCCNC(=O)CNCC1(SC)CC1. The van der Waals surface area contributed by atoms with E-state index in [4.69, 9.17) is 0 Å². The molecule has 0 unspecified atom stereocenters. The van der Waals surface area contributed by atoms with Crippen LogP contribution in [0, 0.1) is 0 Å². The normalized spacial score (nSPS) is 17.9. The van der Waals surface area contributed by atoms with E-state index in [2.05, 4.69) is 23.8 Å². The second kappa shape index (κ2) is 5.61. The standard InChI is InChI=1S/C10H20N2OS/c1-3-6-12-9(13)7-11-8-10(14-2)4-5-10/h11H,3-8H2,1-2H3,(H,12,13). The summed E-state index contributed by atoms with van der Waals surface area (Å²) in [5, 5.41) is 6.06. The second-order valence-electron chi connectivity index (χ2n) is 3.84. The first-order chi connectivity index (χ1) is 6.72. The minimum atomic E-state index is 0.115. The molecule has 1 rings (SSSR count). The van der Waals surface area contributed by atoms with Crippen molar-refractivity contribution in [3.05, 3.63) is 0 Å². The van der Waals surface area contributed by atoms with E-state index in [1.54, 1.807) is 0 Å². The van der Waals surface area contributed by atoms with Crippen LogP contribution < -0.4 is 10.6 Å². The zero-order chi connectivity index (χ0) is 10.4. The summed E-state index contributed by atoms with van der Waals surface area (Å²) in [5.74, 6) is 0.115. The van der Waals surface area contributed by atoms with Gasteiger partial charge in [0, 0.05) is 17.8 Å². The van der Waals surface area contributed by atoms with Gasteiger partial charge in [0.05, 0.1) is 6.54 Å². The highest BCUT2D eigenvalue weighted by Gasteiger charge is 2.41. The summed E-state index contributed by atoms with van der Waals surface area (Å²) in [5.41, 5.74) is 0. The summed E-state index contributed by atoms with van der Waals surface area (Å²) in [6, 6.07) is 0. The zero-order valence-electron chi connectivity index (χ0n) is 9.06. The van der Waals surface area contributed by atoms with Crippen LogP contribution in [0.1, 0.15) is 26.2 Å². The van der Waals surface area contributed by atoms with Crippen LogP contribution in [0.5, 0.6) is 0 Å². The lowest BCUT2D eigenvalue weighted by atomic mass is 10.4. The molecule has 0 aliphatic heterocycles. The van der Waals surface area contributed by atoms with E-state index in [1.807, 2.05) is 11.8 Å². The highest BCUT2D eigenvalue weighted by atomic mass is 32.2. The number of hydrogen-bond acceptors (Lipinski definition) is 3. The van der Waals surface area contributed by atoms with Gasteiger partial charge in [0.25, 0.3) is 0 Å². The van der Waals surface area contributed by atoms with E-state index < -0.39 is 0 Å². The van der Waals surface area contributed by atoms with Gasteiger partial charge in [-0.25, -0.2) is 0 Å². The van der Waals surface area contributed by atoms with Crippen molar-refractivity contribution in [1.82, 2.24) is 10.6 Å². The van der Waals surface area contributed by atoms with E-state index >= 15 is 0 Å². The summed E-state index contributed by atoms with van der Waals surface area (Å²) in [7, 11) is 0. The fraction of sp³-hybridized carbons (Fsp3) is 0.900. The van der Waals surface area contributed by atoms with Crippen molar-refractivity contribution in [2.24, 2.45) is 0 Å². The molecule has 0 aromatic rings. The Labute approximate surface area is 90.4 Å². The molecule has 1 aliphatic carbocycles. The maximum absolute atomic E-state index is 11.2. The Morgan fingerprint density at radius 3 is 2.71 bits per heavy atom. The lowest BCUT2D eigenvalue weighted by Crippen LogP contribution is -2.37. The van der Waals surface area contributed by atoms with E-state index in [0.717, 1.165) is 19.5 Å². The quantitative estimate of drug-likeness (QED) is 0.667. The van der Waals surface area contributed by atoms with Gasteiger partial charge >= 0.3 is 0 Å². The van der Waals surface area contributed by atoms with E-state index in [-0.39, 0.29) is 5.91 Å². The van der Waals surface area contributed by atoms with Crippen molar-refractivity contribution in [2.75, 3.05) is 25.9 Å². The molecule has 0 heterocycles. The molecule has 2 N–H and O–H groups in total. The molecule has 14 heavy (non-hydrogen) atoms. The predicted molar refractivity (Wildman–Crippen MR) is 61.7 cm³/mol. The van der Waals surface area contributed by atoms with Gasteiger partial charge in [-0.1, -0.05) is 6.92 Å². The highest BCUT2D eigenvalue weighted by molar-refractivity contribution is 8.00. The van der Waals surface area contributed by atoms with Gasteiger partial charge < -0.3 is 10.6 Å². The van der Waals surface area contributed by atoms with Crippen molar-refractivity contribution in [3.8, 4) is 0 Å². The maximum Gasteiger partial charge on any atom is 0.233 e. The van der Waals surface area contributed by atoms with Crippen LogP contribution in [-0.4, -0.2) is 36.5 Å². The average molecular weight is 216 g/mol. The first-order valence-electron chi connectivity index (χ1n) is 5.25. The van der Waals surface area contributed by atoms with Crippen LogP contribution in [0.15, 0.2) is 0 Å². The number of thioether (sulfide) groups is 1. The van der Waals surface area contributed by atoms with E-state index in [1.165, 1.54) is 12.8 Å². The summed E-state index contributed by atoms with van der Waals surface area (Å²) < 4.78 is 0.449. The summed E-state index contributed by atoms with van der Waals surface area (Å²) in [6.07, 6.45) is 5.72. The minimum Gasteiger partial charge on any atom is -0.355 e. The second-order valence-corrected chi connectivity index (χ2v) is 5.11.